The fourth-order valence-corrected chi connectivity index (χ4v) is 2.96. The molecule has 7 nitrogen and oxygen atoms in total. The lowest BCUT2D eigenvalue weighted by Crippen LogP contribution is -2.38. The van der Waals surface area contributed by atoms with Crippen LogP contribution in [0.1, 0.15) is 5.56 Å². The summed E-state index contributed by atoms with van der Waals surface area (Å²) in [5.74, 6) is 2.28. The molecule has 1 heterocycles. The van der Waals surface area contributed by atoms with Crippen molar-refractivity contribution in [2.24, 2.45) is 0 Å². The monoisotopic (exact) mass is 394 g/mol. The van der Waals surface area contributed by atoms with Crippen molar-refractivity contribution < 1.29 is 14.3 Å². The number of methoxy groups -OCH3 is 2. The van der Waals surface area contributed by atoms with Crippen molar-refractivity contribution >= 4 is 22.8 Å². The van der Waals surface area contributed by atoms with Crippen LogP contribution in [-0.2, 0) is 6.42 Å². The van der Waals surface area contributed by atoms with Crippen molar-refractivity contribution in [1.29, 1.82) is 0 Å². The van der Waals surface area contributed by atoms with Gasteiger partial charge in [-0.05, 0) is 36.2 Å². The summed E-state index contributed by atoms with van der Waals surface area (Å²) in [6.07, 6.45) is 0.667. The van der Waals surface area contributed by atoms with E-state index in [2.05, 4.69) is 20.9 Å². The Morgan fingerprint density at radius 3 is 2.59 bits per heavy atom. The Morgan fingerprint density at radius 2 is 1.76 bits per heavy atom. The van der Waals surface area contributed by atoms with Gasteiger partial charge >= 0.3 is 6.03 Å². The SMILES string of the molecule is COc1ccc(CCNC(=O)NCCNc2ccc3ccccc3n2)c(OC)c1. The summed E-state index contributed by atoms with van der Waals surface area (Å²) < 4.78 is 10.6. The molecule has 0 bridgehead atoms. The molecule has 0 saturated carbocycles. The highest BCUT2D eigenvalue weighted by Crippen LogP contribution is 2.24. The highest BCUT2D eigenvalue weighted by atomic mass is 16.5. The van der Waals surface area contributed by atoms with Crippen LogP contribution >= 0.6 is 0 Å². The van der Waals surface area contributed by atoms with Crippen molar-refractivity contribution in [3.63, 3.8) is 0 Å². The van der Waals surface area contributed by atoms with Crippen LogP contribution in [0.2, 0.25) is 0 Å². The predicted molar refractivity (Wildman–Crippen MR) is 115 cm³/mol. The number of nitrogens with one attached hydrogen (secondary N) is 3. The summed E-state index contributed by atoms with van der Waals surface area (Å²) in [5, 5.41) is 10.0. The third-order valence-corrected chi connectivity index (χ3v) is 4.49. The standard InChI is InChI=1S/C22H26N4O3/c1-28-18-9-7-17(20(15-18)29-2)11-12-24-22(27)25-14-13-23-21-10-8-16-5-3-4-6-19(16)26-21/h3-10,15H,11-14H2,1-2H3,(H,23,26)(H2,24,25,27). The fourth-order valence-electron chi connectivity index (χ4n) is 2.96. The van der Waals surface area contributed by atoms with Crippen LogP contribution in [-0.4, -0.2) is 44.9 Å². The minimum atomic E-state index is -0.203. The molecule has 152 valence electrons. The topological polar surface area (TPSA) is 84.5 Å². The smallest absolute Gasteiger partial charge is 0.314 e. The molecule has 3 N–H and O–H groups in total. The Labute approximate surface area is 170 Å². The van der Waals surface area contributed by atoms with Crippen molar-refractivity contribution in [3.05, 3.63) is 60.2 Å². The van der Waals surface area contributed by atoms with Gasteiger partial charge in [0.1, 0.15) is 17.3 Å². The quantitative estimate of drug-likeness (QED) is 0.486. The molecule has 0 spiro atoms. The first-order valence-corrected chi connectivity index (χ1v) is 9.52. The molecule has 0 atom stereocenters. The lowest BCUT2D eigenvalue weighted by molar-refractivity contribution is 0.241. The van der Waals surface area contributed by atoms with E-state index < -0.39 is 0 Å². The van der Waals surface area contributed by atoms with Gasteiger partial charge in [-0.2, -0.15) is 0 Å². The van der Waals surface area contributed by atoms with Gasteiger partial charge in [0.2, 0.25) is 0 Å². The number of ether oxygens (including phenoxy) is 2. The number of pyridine rings is 1. The molecule has 0 fully saturated rings. The van der Waals surface area contributed by atoms with E-state index in [4.69, 9.17) is 9.47 Å². The van der Waals surface area contributed by atoms with Crippen LogP contribution in [0, 0.1) is 0 Å². The third kappa shape index (κ3) is 5.75. The van der Waals surface area contributed by atoms with E-state index in [9.17, 15) is 4.79 Å². The molecule has 0 unspecified atom stereocenters. The van der Waals surface area contributed by atoms with Crippen LogP contribution in [0.4, 0.5) is 10.6 Å². The third-order valence-electron chi connectivity index (χ3n) is 4.49. The first-order chi connectivity index (χ1) is 14.2. The lowest BCUT2D eigenvalue weighted by Gasteiger charge is -2.12. The zero-order valence-corrected chi connectivity index (χ0v) is 16.7. The van der Waals surface area contributed by atoms with Gasteiger partial charge in [-0.25, -0.2) is 9.78 Å². The molecule has 0 aliphatic heterocycles. The number of nitrogens with zero attached hydrogens (tertiary/aromatic N) is 1. The van der Waals surface area contributed by atoms with Gasteiger partial charge in [0, 0.05) is 31.1 Å². The van der Waals surface area contributed by atoms with Crippen molar-refractivity contribution in [1.82, 2.24) is 15.6 Å². The minimum Gasteiger partial charge on any atom is -0.497 e. The number of anilines is 1. The van der Waals surface area contributed by atoms with Crippen LogP contribution < -0.4 is 25.4 Å². The molecular weight excluding hydrogens is 368 g/mol. The molecular formula is C22H26N4O3. The molecule has 0 aliphatic carbocycles. The van der Waals surface area contributed by atoms with Gasteiger partial charge in [-0.15, -0.1) is 0 Å². The fraction of sp³-hybridized carbons (Fsp3) is 0.273. The Kier molecular flexibility index (Phi) is 7.10. The highest BCUT2D eigenvalue weighted by Gasteiger charge is 2.06. The van der Waals surface area contributed by atoms with Gasteiger partial charge in [-0.3, -0.25) is 0 Å². The average molecular weight is 394 g/mol. The second-order valence-electron chi connectivity index (χ2n) is 6.43. The molecule has 2 amide bonds. The van der Waals surface area contributed by atoms with E-state index in [-0.39, 0.29) is 6.03 Å². The number of fused-ring (bicyclic) bond motifs is 1. The maximum Gasteiger partial charge on any atom is 0.314 e. The van der Waals surface area contributed by atoms with Gasteiger partial charge in [-0.1, -0.05) is 24.3 Å². The Morgan fingerprint density at radius 1 is 0.931 bits per heavy atom. The van der Waals surface area contributed by atoms with E-state index >= 15 is 0 Å². The number of urea groups is 1. The van der Waals surface area contributed by atoms with Crippen molar-refractivity contribution in [2.75, 3.05) is 39.2 Å². The molecule has 1 aromatic heterocycles. The number of hydrogen-bond donors (Lipinski definition) is 3. The first-order valence-electron chi connectivity index (χ1n) is 9.52. The van der Waals surface area contributed by atoms with Gasteiger partial charge in [0.25, 0.3) is 0 Å². The molecule has 0 saturated heterocycles. The molecule has 29 heavy (non-hydrogen) atoms. The molecule has 2 aromatic carbocycles. The summed E-state index contributed by atoms with van der Waals surface area (Å²) >= 11 is 0. The zero-order valence-electron chi connectivity index (χ0n) is 16.7. The minimum absolute atomic E-state index is 0.203. The molecule has 0 radical (unpaired) electrons. The van der Waals surface area contributed by atoms with Gasteiger partial charge < -0.3 is 25.4 Å². The second-order valence-corrected chi connectivity index (χ2v) is 6.43. The lowest BCUT2D eigenvalue weighted by atomic mass is 10.1. The van der Waals surface area contributed by atoms with Crippen molar-refractivity contribution in [3.8, 4) is 11.5 Å². The van der Waals surface area contributed by atoms with Crippen LogP contribution in [0.15, 0.2) is 54.6 Å². The number of carbonyl (C=O) groups excluding carboxylic acids is 1. The number of para-hydroxylation sites is 1. The molecule has 0 aliphatic rings. The normalized spacial score (nSPS) is 10.4. The average Bonchev–Trinajstić information content (AvgIpc) is 2.76. The molecule has 3 aromatic rings. The van der Waals surface area contributed by atoms with Crippen LogP contribution in [0.25, 0.3) is 10.9 Å². The first kappa shape index (κ1) is 20.3. The number of carbonyl (C=O) groups is 1. The van der Waals surface area contributed by atoms with E-state index in [1.165, 1.54) is 0 Å². The number of rotatable bonds is 9. The van der Waals surface area contributed by atoms with Gasteiger partial charge in [0.05, 0.1) is 19.7 Å². The summed E-state index contributed by atoms with van der Waals surface area (Å²) in [7, 11) is 3.24. The Balaban J connectivity index is 1.37. The van der Waals surface area contributed by atoms with E-state index in [1.807, 2.05) is 54.6 Å². The Hall–Kier alpha value is -3.48. The summed E-state index contributed by atoms with van der Waals surface area (Å²) in [6.45, 7) is 1.59. The van der Waals surface area contributed by atoms with Crippen LogP contribution in [0.5, 0.6) is 11.5 Å². The summed E-state index contributed by atoms with van der Waals surface area (Å²) in [5.41, 5.74) is 1.95. The van der Waals surface area contributed by atoms with E-state index in [0.29, 0.717) is 26.1 Å². The number of aromatic nitrogens is 1. The molecule has 7 heteroatoms. The summed E-state index contributed by atoms with van der Waals surface area (Å²) in [6, 6.07) is 17.4. The largest absolute Gasteiger partial charge is 0.497 e. The van der Waals surface area contributed by atoms with E-state index in [1.54, 1.807) is 14.2 Å². The molecule has 3 rings (SSSR count). The zero-order chi connectivity index (χ0) is 20.5. The number of amides is 2. The number of hydrogen-bond acceptors (Lipinski definition) is 5. The van der Waals surface area contributed by atoms with Crippen LogP contribution in [0.3, 0.4) is 0 Å². The van der Waals surface area contributed by atoms with Crippen molar-refractivity contribution in [2.45, 2.75) is 6.42 Å². The second kappa shape index (κ2) is 10.2. The highest BCUT2D eigenvalue weighted by molar-refractivity contribution is 5.80. The van der Waals surface area contributed by atoms with E-state index in [0.717, 1.165) is 33.8 Å². The predicted octanol–water partition coefficient (Wildman–Crippen LogP) is 3.21. The Bertz CT molecular complexity index is 962. The maximum absolute atomic E-state index is 12.0. The maximum atomic E-state index is 12.0. The summed E-state index contributed by atoms with van der Waals surface area (Å²) in [4.78, 5) is 16.5. The number of benzene rings is 2. The van der Waals surface area contributed by atoms with Gasteiger partial charge in [0.15, 0.2) is 0 Å².